The summed E-state index contributed by atoms with van der Waals surface area (Å²) in [6, 6.07) is 6.07. The molecule has 0 unspecified atom stereocenters. The minimum atomic E-state index is 0.0289. The number of carbonyl (C=O) groups is 1. The van der Waals surface area contributed by atoms with Crippen LogP contribution in [0, 0.1) is 13.8 Å². The summed E-state index contributed by atoms with van der Waals surface area (Å²) in [5, 5.41) is 2.88. The van der Waals surface area contributed by atoms with Gasteiger partial charge in [0.2, 0.25) is 0 Å². The quantitative estimate of drug-likeness (QED) is 0.847. The number of benzene rings is 1. The summed E-state index contributed by atoms with van der Waals surface area (Å²) < 4.78 is 5.62. The second-order valence-corrected chi connectivity index (χ2v) is 5.02. The van der Waals surface area contributed by atoms with E-state index in [-0.39, 0.29) is 6.03 Å². The number of hydrogen-bond donors (Lipinski definition) is 1. The van der Waals surface area contributed by atoms with E-state index in [1.165, 1.54) is 11.1 Å². The molecule has 2 rings (SSSR count). The summed E-state index contributed by atoms with van der Waals surface area (Å²) >= 11 is 0. The molecule has 1 heterocycles. The highest BCUT2D eigenvalue weighted by Crippen LogP contribution is 2.16. The van der Waals surface area contributed by atoms with Crippen molar-refractivity contribution < 1.29 is 9.53 Å². The standard InChI is InChI=1S/C15H22N2O2/c1-12-5-6-14(11-13(12)2)19-10-7-16-15(18)17-8-3-4-9-17/h5-6,11H,3-4,7-10H2,1-2H3,(H,16,18). The van der Waals surface area contributed by atoms with E-state index in [4.69, 9.17) is 4.74 Å². The molecule has 0 spiro atoms. The SMILES string of the molecule is Cc1ccc(OCCNC(=O)N2CCCC2)cc1C. The average Bonchev–Trinajstić information content (AvgIpc) is 2.92. The molecule has 19 heavy (non-hydrogen) atoms. The number of hydrogen-bond acceptors (Lipinski definition) is 2. The highest BCUT2D eigenvalue weighted by atomic mass is 16.5. The fraction of sp³-hybridized carbons (Fsp3) is 0.533. The fourth-order valence-corrected chi connectivity index (χ4v) is 2.16. The lowest BCUT2D eigenvalue weighted by Crippen LogP contribution is -2.39. The molecule has 0 aromatic heterocycles. The van der Waals surface area contributed by atoms with Crippen molar-refractivity contribution in [1.82, 2.24) is 10.2 Å². The predicted molar refractivity (Wildman–Crippen MR) is 75.6 cm³/mol. The van der Waals surface area contributed by atoms with Crippen LogP contribution in [-0.4, -0.2) is 37.2 Å². The zero-order valence-corrected chi connectivity index (χ0v) is 11.7. The van der Waals surface area contributed by atoms with Gasteiger partial charge < -0.3 is 15.0 Å². The first-order chi connectivity index (χ1) is 9.16. The molecule has 0 radical (unpaired) electrons. The van der Waals surface area contributed by atoms with E-state index in [9.17, 15) is 4.79 Å². The van der Waals surface area contributed by atoms with Crippen LogP contribution in [-0.2, 0) is 0 Å². The van der Waals surface area contributed by atoms with Crippen LogP contribution < -0.4 is 10.1 Å². The Hall–Kier alpha value is -1.71. The van der Waals surface area contributed by atoms with Crippen LogP contribution in [0.1, 0.15) is 24.0 Å². The van der Waals surface area contributed by atoms with Gasteiger partial charge in [0.1, 0.15) is 12.4 Å². The van der Waals surface area contributed by atoms with Gasteiger partial charge in [-0.15, -0.1) is 0 Å². The van der Waals surface area contributed by atoms with Crippen molar-refractivity contribution >= 4 is 6.03 Å². The number of nitrogens with zero attached hydrogens (tertiary/aromatic N) is 1. The third kappa shape index (κ3) is 3.88. The molecule has 1 aromatic rings. The van der Waals surface area contributed by atoms with Crippen molar-refractivity contribution in [1.29, 1.82) is 0 Å². The number of urea groups is 1. The third-order valence-corrected chi connectivity index (χ3v) is 3.52. The van der Waals surface area contributed by atoms with E-state index in [1.807, 2.05) is 23.1 Å². The topological polar surface area (TPSA) is 41.6 Å². The summed E-state index contributed by atoms with van der Waals surface area (Å²) in [5.74, 6) is 0.860. The van der Waals surface area contributed by atoms with Gasteiger partial charge in [-0.3, -0.25) is 0 Å². The first-order valence-electron chi connectivity index (χ1n) is 6.89. The number of amides is 2. The van der Waals surface area contributed by atoms with Crippen molar-refractivity contribution in [3.05, 3.63) is 29.3 Å². The van der Waals surface area contributed by atoms with Crippen molar-refractivity contribution in [3.8, 4) is 5.75 Å². The van der Waals surface area contributed by atoms with Crippen LogP contribution >= 0.6 is 0 Å². The van der Waals surface area contributed by atoms with Gasteiger partial charge in [0.05, 0.1) is 6.54 Å². The highest BCUT2D eigenvalue weighted by Gasteiger charge is 2.16. The average molecular weight is 262 g/mol. The Morgan fingerprint density at radius 1 is 1.26 bits per heavy atom. The van der Waals surface area contributed by atoms with E-state index < -0.39 is 0 Å². The first-order valence-corrected chi connectivity index (χ1v) is 6.89. The van der Waals surface area contributed by atoms with Crippen LogP contribution in [0.5, 0.6) is 5.75 Å². The molecule has 1 aliphatic rings. The van der Waals surface area contributed by atoms with Crippen LogP contribution in [0.3, 0.4) is 0 Å². The number of rotatable bonds is 4. The fourth-order valence-electron chi connectivity index (χ4n) is 2.16. The smallest absolute Gasteiger partial charge is 0.317 e. The Morgan fingerprint density at radius 2 is 2.00 bits per heavy atom. The van der Waals surface area contributed by atoms with Gasteiger partial charge in [-0.25, -0.2) is 4.79 Å². The summed E-state index contributed by atoms with van der Waals surface area (Å²) in [6.45, 7) is 6.95. The third-order valence-electron chi connectivity index (χ3n) is 3.52. The Kier molecular flexibility index (Phi) is 4.66. The largest absolute Gasteiger partial charge is 0.492 e. The molecule has 4 heteroatoms. The molecule has 1 fully saturated rings. The van der Waals surface area contributed by atoms with Gasteiger partial charge in [-0.2, -0.15) is 0 Å². The van der Waals surface area contributed by atoms with Gasteiger partial charge >= 0.3 is 6.03 Å². The molecule has 104 valence electrons. The number of ether oxygens (including phenoxy) is 1. The monoisotopic (exact) mass is 262 g/mol. The van der Waals surface area contributed by atoms with Crippen molar-refractivity contribution in [2.75, 3.05) is 26.2 Å². The second-order valence-electron chi connectivity index (χ2n) is 5.02. The normalized spacial score (nSPS) is 14.5. The van der Waals surface area contributed by atoms with Crippen LogP contribution in [0.25, 0.3) is 0 Å². The number of carbonyl (C=O) groups excluding carboxylic acids is 1. The van der Waals surface area contributed by atoms with Crippen molar-refractivity contribution in [3.63, 3.8) is 0 Å². The lowest BCUT2D eigenvalue weighted by atomic mass is 10.1. The van der Waals surface area contributed by atoms with Gasteiger partial charge in [-0.05, 0) is 49.9 Å². The van der Waals surface area contributed by atoms with Gasteiger partial charge in [-0.1, -0.05) is 6.07 Å². The van der Waals surface area contributed by atoms with Gasteiger partial charge in [0, 0.05) is 13.1 Å². The van der Waals surface area contributed by atoms with E-state index in [0.717, 1.165) is 31.7 Å². The zero-order chi connectivity index (χ0) is 13.7. The molecule has 2 amide bonds. The Bertz CT molecular complexity index is 440. The van der Waals surface area contributed by atoms with E-state index in [2.05, 4.69) is 19.2 Å². The lowest BCUT2D eigenvalue weighted by Gasteiger charge is -2.16. The first kappa shape index (κ1) is 13.7. The van der Waals surface area contributed by atoms with Crippen LogP contribution in [0.15, 0.2) is 18.2 Å². The maximum absolute atomic E-state index is 11.7. The highest BCUT2D eigenvalue weighted by molar-refractivity contribution is 5.74. The lowest BCUT2D eigenvalue weighted by molar-refractivity contribution is 0.205. The Balaban J connectivity index is 1.68. The Morgan fingerprint density at radius 3 is 2.68 bits per heavy atom. The van der Waals surface area contributed by atoms with E-state index in [0.29, 0.717) is 13.2 Å². The zero-order valence-electron chi connectivity index (χ0n) is 11.7. The molecule has 0 aliphatic carbocycles. The number of aryl methyl sites for hydroxylation is 2. The molecule has 1 aliphatic heterocycles. The molecule has 1 N–H and O–H groups in total. The van der Waals surface area contributed by atoms with Crippen molar-refractivity contribution in [2.45, 2.75) is 26.7 Å². The summed E-state index contributed by atoms with van der Waals surface area (Å²) in [5.41, 5.74) is 2.48. The minimum Gasteiger partial charge on any atom is -0.492 e. The molecule has 1 saturated heterocycles. The molecule has 0 bridgehead atoms. The van der Waals surface area contributed by atoms with Gasteiger partial charge in [0.25, 0.3) is 0 Å². The summed E-state index contributed by atoms with van der Waals surface area (Å²) in [7, 11) is 0. The Labute approximate surface area is 114 Å². The summed E-state index contributed by atoms with van der Waals surface area (Å²) in [4.78, 5) is 13.6. The molecule has 0 atom stereocenters. The molecule has 1 aromatic carbocycles. The summed E-state index contributed by atoms with van der Waals surface area (Å²) in [6.07, 6.45) is 2.24. The van der Waals surface area contributed by atoms with E-state index in [1.54, 1.807) is 0 Å². The number of likely N-dealkylation sites (tertiary alicyclic amines) is 1. The maximum atomic E-state index is 11.7. The molecule has 0 saturated carbocycles. The van der Waals surface area contributed by atoms with E-state index >= 15 is 0 Å². The van der Waals surface area contributed by atoms with Crippen LogP contribution in [0.2, 0.25) is 0 Å². The maximum Gasteiger partial charge on any atom is 0.317 e. The van der Waals surface area contributed by atoms with Crippen molar-refractivity contribution in [2.24, 2.45) is 0 Å². The van der Waals surface area contributed by atoms with Gasteiger partial charge in [0.15, 0.2) is 0 Å². The number of nitrogens with one attached hydrogen (secondary N) is 1. The second kappa shape index (κ2) is 6.45. The molecular formula is C15H22N2O2. The van der Waals surface area contributed by atoms with Crippen LogP contribution in [0.4, 0.5) is 4.79 Å². The molecule has 4 nitrogen and oxygen atoms in total. The minimum absolute atomic E-state index is 0.0289. The molecular weight excluding hydrogens is 240 g/mol. The predicted octanol–water partition coefficient (Wildman–Crippen LogP) is 2.49.